The molecule has 2 aliphatic carbocycles. The fourth-order valence-corrected chi connectivity index (χ4v) is 4.82. The molecule has 0 bridgehead atoms. The maximum Gasteiger partial charge on any atom is 0.446 e. The Morgan fingerprint density at radius 3 is 2.28 bits per heavy atom. The van der Waals surface area contributed by atoms with Crippen LogP contribution in [-0.2, 0) is 0 Å². The average Bonchev–Trinajstić information content (AvgIpc) is 3.42. The molecule has 0 unspecified atom stereocenters. The van der Waals surface area contributed by atoms with E-state index in [9.17, 15) is 4.79 Å². The highest BCUT2D eigenvalue weighted by molar-refractivity contribution is 5.66. The van der Waals surface area contributed by atoms with E-state index in [4.69, 9.17) is 14.0 Å². The SMILES string of the molecule is O=c1onc(C2CCCCC2)n1-c1ccccc1-c1nc(C2CCCCC2)no1. The van der Waals surface area contributed by atoms with Gasteiger partial charge in [0.25, 0.3) is 5.89 Å². The molecule has 2 aliphatic rings. The Labute approximate surface area is 169 Å². The first-order chi connectivity index (χ1) is 14.3. The molecule has 0 saturated heterocycles. The molecule has 5 rings (SSSR count). The lowest BCUT2D eigenvalue weighted by atomic mass is 9.88. The number of rotatable bonds is 4. The van der Waals surface area contributed by atoms with Crippen LogP contribution in [0, 0.1) is 0 Å². The van der Waals surface area contributed by atoms with Gasteiger partial charge in [0.05, 0.1) is 11.3 Å². The van der Waals surface area contributed by atoms with Crippen molar-refractivity contribution in [1.82, 2.24) is 19.9 Å². The van der Waals surface area contributed by atoms with Gasteiger partial charge in [-0.25, -0.2) is 9.36 Å². The largest absolute Gasteiger partial charge is 0.446 e. The van der Waals surface area contributed by atoms with E-state index in [-0.39, 0.29) is 5.92 Å². The van der Waals surface area contributed by atoms with Crippen molar-refractivity contribution >= 4 is 0 Å². The number of nitrogens with zero attached hydrogens (tertiary/aromatic N) is 4. The molecule has 2 heterocycles. The van der Waals surface area contributed by atoms with Crippen molar-refractivity contribution < 1.29 is 9.05 Å². The van der Waals surface area contributed by atoms with Crippen molar-refractivity contribution in [2.75, 3.05) is 0 Å². The van der Waals surface area contributed by atoms with Crippen molar-refractivity contribution in [1.29, 1.82) is 0 Å². The van der Waals surface area contributed by atoms with Crippen LogP contribution in [0.15, 0.2) is 38.1 Å². The van der Waals surface area contributed by atoms with Crippen molar-refractivity contribution in [3.8, 4) is 17.1 Å². The molecule has 2 fully saturated rings. The monoisotopic (exact) mass is 394 g/mol. The first-order valence-corrected chi connectivity index (χ1v) is 10.8. The van der Waals surface area contributed by atoms with Crippen LogP contribution in [0.4, 0.5) is 0 Å². The summed E-state index contributed by atoms with van der Waals surface area (Å²) in [6.07, 6.45) is 11.5. The Hall–Kier alpha value is -2.70. The molecular weight excluding hydrogens is 368 g/mol. The second-order valence-electron chi connectivity index (χ2n) is 8.29. The Kier molecular flexibility index (Phi) is 5.04. The summed E-state index contributed by atoms with van der Waals surface area (Å²) in [7, 11) is 0. The molecule has 0 spiro atoms. The van der Waals surface area contributed by atoms with Crippen LogP contribution in [0.2, 0.25) is 0 Å². The molecule has 2 saturated carbocycles. The highest BCUT2D eigenvalue weighted by atomic mass is 16.5. The fourth-order valence-electron chi connectivity index (χ4n) is 4.82. The van der Waals surface area contributed by atoms with E-state index in [1.165, 1.54) is 25.7 Å². The van der Waals surface area contributed by atoms with Crippen molar-refractivity contribution in [3.63, 3.8) is 0 Å². The highest BCUT2D eigenvalue weighted by Gasteiger charge is 2.27. The third-order valence-corrected chi connectivity index (χ3v) is 6.39. The summed E-state index contributed by atoms with van der Waals surface area (Å²) >= 11 is 0. The van der Waals surface area contributed by atoms with E-state index in [2.05, 4.69) is 10.3 Å². The summed E-state index contributed by atoms with van der Waals surface area (Å²) in [4.78, 5) is 17.3. The van der Waals surface area contributed by atoms with E-state index in [1.54, 1.807) is 4.57 Å². The minimum Gasteiger partial charge on any atom is -0.334 e. The molecule has 7 heteroatoms. The predicted octanol–water partition coefficient (Wildman–Crippen LogP) is 4.97. The molecule has 7 nitrogen and oxygen atoms in total. The lowest BCUT2D eigenvalue weighted by molar-refractivity contribution is 0.362. The Balaban J connectivity index is 1.54. The molecule has 152 valence electrons. The highest BCUT2D eigenvalue weighted by Crippen LogP contribution is 2.35. The van der Waals surface area contributed by atoms with E-state index in [0.717, 1.165) is 49.9 Å². The van der Waals surface area contributed by atoms with Crippen LogP contribution in [-0.4, -0.2) is 19.9 Å². The average molecular weight is 394 g/mol. The van der Waals surface area contributed by atoms with E-state index >= 15 is 0 Å². The molecular formula is C22H26N4O3. The van der Waals surface area contributed by atoms with Crippen molar-refractivity contribution in [2.45, 2.75) is 76.0 Å². The van der Waals surface area contributed by atoms with Gasteiger partial charge in [0.15, 0.2) is 11.6 Å². The van der Waals surface area contributed by atoms with Gasteiger partial charge in [0.1, 0.15) is 0 Å². The van der Waals surface area contributed by atoms with Gasteiger partial charge in [-0.3, -0.25) is 4.52 Å². The van der Waals surface area contributed by atoms with Crippen molar-refractivity contribution in [3.05, 3.63) is 46.5 Å². The molecule has 0 N–H and O–H groups in total. The van der Waals surface area contributed by atoms with Crippen LogP contribution in [0.25, 0.3) is 17.1 Å². The smallest absolute Gasteiger partial charge is 0.334 e. The Morgan fingerprint density at radius 2 is 1.52 bits per heavy atom. The van der Waals surface area contributed by atoms with E-state index < -0.39 is 5.76 Å². The van der Waals surface area contributed by atoms with Gasteiger partial charge in [0, 0.05) is 11.8 Å². The second kappa shape index (κ2) is 7.97. The first-order valence-electron chi connectivity index (χ1n) is 10.8. The minimum absolute atomic E-state index is 0.240. The maximum atomic E-state index is 12.6. The normalized spacial score (nSPS) is 18.9. The number of hydrogen-bond acceptors (Lipinski definition) is 6. The van der Waals surface area contributed by atoms with Crippen LogP contribution in [0.1, 0.15) is 87.7 Å². The third-order valence-electron chi connectivity index (χ3n) is 6.39. The molecule has 2 aromatic heterocycles. The third kappa shape index (κ3) is 3.54. The molecule has 29 heavy (non-hydrogen) atoms. The molecule has 0 aliphatic heterocycles. The molecule has 0 atom stereocenters. The van der Waals surface area contributed by atoms with Crippen LogP contribution in [0.3, 0.4) is 0 Å². The number of para-hydroxylation sites is 1. The zero-order chi connectivity index (χ0) is 19.6. The summed E-state index contributed by atoms with van der Waals surface area (Å²) in [5, 5.41) is 8.40. The predicted molar refractivity (Wildman–Crippen MR) is 107 cm³/mol. The zero-order valence-corrected chi connectivity index (χ0v) is 16.5. The van der Waals surface area contributed by atoms with Crippen LogP contribution < -0.4 is 5.76 Å². The number of aromatic nitrogens is 4. The summed E-state index contributed by atoms with van der Waals surface area (Å²) in [6.45, 7) is 0. The number of hydrogen-bond donors (Lipinski definition) is 0. The summed E-state index contributed by atoms with van der Waals surface area (Å²) in [6, 6.07) is 7.63. The molecule has 0 amide bonds. The first kappa shape index (κ1) is 18.3. The van der Waals surface area contributed by atoms with Gasteiger partial charge in [-0.15, -0.1) is 0 Å². The summed E-state index contributed by atoms with van der Waals surface area (Å²) in [5.41, 5.74) is 1.43. The van der Waals surface area contributed by atoms with Gasteiger partial charge in [-0.2, -0.15) is 4.98 Å². The lowest BCUT2D eigenvalue weighted by Crippen LogP contribution is -2.19. The zero-order valence-electron chi connectivity index (χ0n) is 16.5. The van der Waals surface area contributed by atoms with E-state index in [0.29, 0.717) is 23.3 Å². The summed E-state index contributed by atoms with van der Waals surface area (Å²) < 4.78 is 12.3. The fraction of sp³-hybridized carbons (Fsp3) is 0.545. The molecule has 1 aromatic carbocycles. The van der Waals surface area contributed by atoms with Gasteiger partial charge in [-0.05, 0) is 37.8 Å². The van der Waals surface area contributed by atoms with Gasteiger partial charge < -0.3 is 4.52 Å². The Morgan fingerprint density at radius 1 is 0.828 bits per heavy atom. The van der Waals surface area contributed by atoms with Crippen LogP contribution >= 0.6 is 0 Å². The van der Waals surface area contributed by atoms with Gasteiger partial charge >= 0.3 is 5.76 Å². The van der Waals surface area contributed by atoms with Crippen molar-refractivity contribution in [2.24, 2.45) is 0 Å². The maximum absolute atomic E-state index is 12.6. The van der Waals surface area contributed by atoms with Gasteiger partial charge in [-0.1, -0.05) is 61.0 Å². The van der Waals surface area contributed by atoms with E-state index in [1.807, 2.05) is 24.3 Å². The Bertz CT molecular complexity index is 1020. The quantitative estimate of drug-likeness (QED) is 0.621. The standard InChI is InChI=1S/C22H26N4O3/c27-22-26(20(25-29-22)16-11-5-2-6-12-16)18-14-8-7-13-17(18)21-23-19(24-28-21)15-9-3-1-4-10-15/h7-8,13-16H,1-6,9-12H2. The van der Waals surface area contributed by atoms with Gasteiger partial charge in [0.2, 0.25) is 0 Å². The van der Waals surface area contributed by atoms with Crippen LogP contribution in [0.5, 0.6) is 0 Å². The number of benzene rings is 1. The topological polar surface area (TPSA) is 87.0 Å². The minimum atomic E-state index is -0.468. The summed E-state index contributed by atoms with van der Waals surface area (Å²) in [5.74, 6) is 2.07. The second-order valence-corrected chi connectivity index (χ2v) is 8.29. The lowest BCUT2D eigenvalue weighted by Gasteiger charge is -2.20. The molecule has 3 aromatic rings. The molecule has 0 radical (unpaired) electrons.